The minimum atomic E-state index is -0.649. The van der Waals surface area contributed by atoms with Crippen molar-refractivity contribution in [3.05, 3.63) is 44.6 Å². The molecule has 2 rings (SSSR count). The lowest BCUT2D eigenvalue weighted by atomic mass is 10.3. The van der Waals surface area contributed by atoms with Gasteiger partial charge in [0.15, 0.2) is 11.6 Å². The molecule has 0 unspecified atom stereocenters. The Morgan fingerprint density at radius 3 is 2.88 bits per heavy atom. The first-order chi connectivity index (χ1) is 8.06. The Morgan fingerprint density at radius 1 is 1.53 bits per heavy atom. The summed E-state index contributed by atoms with van der Waals surface area (Å²) in [5.41, 5.74) is 0.734. The molecule has 2 aromatic rings. The van der Waals surface area contributed by atoms with E-state index in [1.54, 1.807) is 18.4 Å². The second-order valence-electron chi connectivity index (χ2n) is 3.26. The van der Waals surface area contributed by atoms with E-state index in [4.69, 9.17) is 4.74 Å². The van der Waals surface area contributed by atoms with Crippen LogP contribution in [-0.2, 0) is 0 Å². The lowest BCUT2D eigenvalue weighted by Gasteiger charge is -2.03. The van der Waals surface area contributed by atoms with Gasteiger partial charge in [0.2, 0.25) is 5.01 Å². The second-order valence-corrected chi connectivity index (χ2v) is 5.03. The van der Waals surface area contributed by atoms with E-state index >= 15 is 0 Å². The molecular formula is C11H7BrFNO2S. The van der Waals surface area contributed by atoms with Gasteiger partial charge in [0, 0.05) is 15.5 Å². The second kappa shape index (κ2) is 4.93. The van der Waals surface area contributed by atoms with E-state index in [0.717, 1.165) is 5.69 Å². The molecule has 0 spiro atoms. The van der Waals surface area contributed by atoms with E-state index in [2.05, 4.69) is 20.9 Å². The number of aryl methyl sites for hydroxylation is 1. The minimum absolute atomic E-state index is 0.106. The molecule has 1 aromatic carbocycles. The van der Waals surface area contributed by atoms with E-state index in [1.165, 1.54) is 23.5 Å². The quantitative estimate of drug-likeness (QED) is 0.628. The molecule has 1 aromatic heterocycles. The van der Waals surface area contributed by atoms with Gasteiger partial charge in [0.25, 0.3) is 0 Å². The van der Waals surface area contributed by atoms with Crippen LogP contribution in [0.4, 0.5) is 4.39 Å². The van der Waals surface area contributed by atoms with Crippen molar-refractivity contribution in [1.29, 1.82) is 0 Å². The Hall–Kier alpha value is -1.27. The lowest BCUT2D eigenvalue weighted by Crippen LogP contribution is -2.09. The molecule has 0 bridgehead atoms. The molecule has 0 aliphatic heterocycles. The molecule has 0 aliphatic carbocycles. The number of hydrogen-bond acceptors (Lipinski definition) is 4. The molecule has 0 atom stereocenters. The third kappa shape index (κ3) is 2.89. The van der Waals surface area contributed by atoms with Crippen LogP contribution in [-0.4, -0.2) is 11.0 Å². The fourth-order valence-corrected chi connectivity index (χ4v) is 2.15. The number of thiazole rings is 1. The first-order valence-corrected chi connectivity index (χ1v) is 6.33. The third-order valence-corrected chi connectivity index (χ3v) is 3.32. The van der Waals surface area contributed by atoms with Crippen LogP contribution in [0.2, 0.25) is 0 Å². The SMILES string of the molecule is Cc1csc(C(=O)Oc2ccc(Br)cc2F)n1. The molecule has 0 radical (unpaired) electrons. The first-order valence-electron chi connectivity index (χ1n) is 4.65. The van der Waals surface area contributed by atoms with E-state index in [-0.39, 0.29) is 10.8 Å². The third-order valence-electron chi connectivity index (χ3n) is 1.89. The fraction of sp³-hybridized carbons (Fsp3) is 0.0909. The molecule has 1 heterocycles. The highest BCUT2D eigenvalue weighted by Gasteiger charge is 2.15. The van der Waals surface area contributed by atoms with Gasteiger partial charge >= 0.3 is 5.97 Å². The molecule has 0 saturated carbocycles. The van der Waals surface area contributed by atoms with Crippen molar-refractivity contribution in [2.45, 2.75) is 6.92 Å². The van der Waals surface area contributed by atoms with Gasteiger partial charge in [-0.3, -0.25) is 0 Å². The number of ether oxygens (including phenoxy) is 1. The van der Waals surface area contributed by atoms with E-state index < -0.39 is 11.8 Å². The zero-order valence-corrected chi connectivity index (χ0v) is 11.1. The van der Waals surface area contributed by atoms with Crippen LogP contribution < -0.4 is 4.74 Å². The minimum Gasteiger partial charge on any atom is -0.418 e. The van der Waals surface area contributed by atoms with Gasteiger partial charge in [-0.15, -0.1) is 11.3 Å². The molecule has 0 saturated heterocycles. The topological polar surface area (TPSA) is 39.2 Å². The largest absolute Gasteiger partial charge is 0.418 e. The van der Waals surface area contributed by atoms with Crippen LogP contribution in [0.15, 0.2) is 28.1 Å². The average molecular weight is 316 g/mol. The molecule has 0 amide bonds. The Morgan fingerprint density at radius 2 is 2.29 bits per heavy atom. The van der Waals surface area contributed by atoms with Gasteiger partial charge in [0.1, 0.15) is 0 Å². The van der Waals surface area contributed by atoms with Crippen LogP contribution >= 0.6 is 27.3 Å². The van der Waals surface area contributed by atoms with Gasteiger partial charge in [-0.25, -0.2) is 14.2 Å². The maximum absolute atomic E-state index is 13.4. The van der Waals surface area contributed by atoms with Crippen molar-refractivity contribution in [3.8, 4) is 5.75 Å². The van der Waals surface area contributed by atoms with Crippen molar-refractivity contribution < 1.29 is 13.9 Å². The first kappa shape index (κ1) is 12.2. The molecule has 0 fully saturated rings. The zero-order chi connectivity index (χ0) is 12.4. The standard InChI is InChI=1S/C11H7BrFNO2S/c1-6-5-17-10(14-6)11(15)16-9-3-2-7(12)4-8(9)13/h2-5H,1H3. The summed E-state index contributed by atoms with van der Waals surface area (Å²) >= 11 is 4.29. The number of aromatic nitrogens is 1. The highest BCUT2D eigenvalue weighted by atomic mass is 79.9. The van der Waals surface area contributed by atoms with Crippen molar-refractivity contribution >= 4 is 33.2 Å². The van der Waals surface area contributed by atoms with Crippen LogP contribution in [0.5, 0.6) is 5.75 Å². The molecule has 17 heavy (non-hydrogen) atoms. The summed E-state index contributed by atoms with van der Waals surface area (Å²) in [7, 11) is 0. The molecule has 0 N–H and O–H groups in total. The van der Waals surface area contributed by atoms with Crippen molar-refractivity contribution in [3.63, 3.8) is 0 Å². The van der Waals surface area contributed by atoms with E-state index in [9.17, 15) is 9.18 Å². The summed E-state index contributed by atoms with van der Waals surface area (Å²) in [5.74, 6) is -1.35. The normalized spacial score (nSPS) is 10.3. The predicted molar refractivity (Wildman–Crippen MR) is 65.9 cm³/mol. The molecule has 88 valence electrons. The summed E-state index contributed by atoms with van der Waals surface area (Å²) in [6.45, 7) is 1.77. The van der Waals surface area contributed by atoms with Crippen LogP contribution in [0.1, 0.15) is 15.5 Å². The fourth-order valence-electron chi connectivity index (χ4n) is 1.15. The number of carbonyl (C=O) groups excluding carboxylic acids is 1. The van der Waals surface area contributed by atoms with Crippen molar-refractivity contribution in [2.75, 3.05) is 0 Å². The summed E-state index contributed by atoms with van der Waals surface area (Å²) in [4.78, 5) is 15.6. The van der Waals surface area contributed by atoms with Gasteiger partial charge in [0.05, 0.1) is 0 Å². The Labute approximate surface area is 109 Å². The van der Waals surface area contributed by atoms with Crippen molar-refractivity contribution in [1.82, 2.24) is 4.98 Å². The van der Waals surface area contributed by atoms with Gasteiger partial charge in [-0.1, -0.05) is 15.9 Å². The number of carbonyl (C=O) groups is 1. The molecule has 6 heteroatoms. The molecule has 3 nitrogen and oxygen atoms in total. The average Bonchev–Trinajstić information content (AvgIpc) is 2.69. The summed E-state index contributed by atoms with van der Waals surface area (Å²) < 4.78 is 18.9. The Bertz CT molecular complexity index is 570. The Kier molecular flexibility index (Phi) is 3.54. The number of esters is 1. The Balaban J connectivity index is 2.18. The van der Waals surface area contributed by atoms with Crippen molar-refractivity contribution in [2.24, 2.45) is 0 Å². The van der Waals surface area contributed by atoms with Crippen LogP contribution in [0, 0.1) is 12.7 Å². The maximum Gasteiger partial charge on any atom is 0.372 e. The van der Waals surface area contributed by atoms with Crippen LogP contribution in [0.3, 0.4) is 0 Å². The maximum atomic E-state index is 13.4. The summed E-state index contributed by atoms with van der Waals surface area (Å²) in [6, 6.07) is 4.21. The highest BCUT2D eigenvalue weighted by molar-refractivity contribution is 9.10. The molecular weight excluding hydrogens is 309 g/mol. The van der Waals surface area contributed by atoms with Gasteiger partial charge in [-0.2, -0.15) is 0 Å². The van der Waals surface area contributed by atoms with Gasteiger partial charge < -0.3 is 4.74 Å². The monoisotopic (exact) mass is 315 g/mol. The number of benzene rings is 1. The van der Waals surface area contributed by atoms with Gasteiger partial charge in [-0.05, 0) is 25.1 Å². The summed E-state index contributed by atoms with van der Waals surface area (Å²) in [6.07, 6.45) is 0. The van der Waals surface area contributed by atoms with Crippen LogP contribution in [0.25, 0.3) is 0 Å². The summed E-state index contributed by atoms with van der Waals surface area (Å²) in [5, 5.41) is 1.94. The van der Waals surface area contributed by atoms with E-state index in [1.807, 2.05) is 0 Å². The number of nitrogens with zero attached hydrogens (tertiary/aromatic N) is 1. The number of rotatable bonds is 2. The smallest absolute Gasteiger partial charge is 0.372 e. The van der Waals surface area contributed by atoms with E-state index in [0.29, 0.717) is 4.47 Å². The predicted octanol–water partition coefficient (Wildman–Crippen LogP) is 3.57. The lowest BCUT2D eigenvalue weighted by molar-refractivity contribution is 0.0727. The number of halogens is 2. The molecule has 0 aliphatic rings. The highest BCUT2D eigenvalue weighted by Crippen LogP contribution is 2.22. The zero-order valence-electron chi connectivity index (χ0n) is 8.74. The number of hydrogen-bond donors (Lipinski definition) is 0.